The summed E-state index contributed by atoms with van der Waals surface area (Å²) in [6.07, 6.45) is 1.14. The maximum absolute atomic E-state index is 11.4. The van der Waals surface area contributed by atoms with E-state index >= 15 is 0 Å². The van der Waals surface area contributed by atoms with Crippen LogP contribution in [0.2, 0.25) is 0 Å². The van der Waals surface area contributed by atoms with Gasteiger partial charge in [-0.25, -0.2) is 8.42 Å². The Labute approximate surface area is 140 Å². The molecule has 0 spiro atoms. The van der Waals surface area contributed by atoms with E-state index in [1.54, 1.807) is 30.5 Å². The Hall–Kier alpha value is -2.06. The van der Waals surface area contributed by atoms with Crippen LogP contribution >= 0.6 is 11.3 Å². The van der Waals surface area contributed by atoms with Gasteiger partial charge in [-0.2, -0.15) is 0 Å². The molecule has 2 rings (SSSR count). The Balaban J connectivity index is 1.96. The van der Waals surface area contributed by atoms with Gasteiger partial charge in [0.25, 0.3) is 0 Å². The number of nitrogens with one attached hydrogen (secondary N) is 3. The summed E-state index contributed by atoms with van der Waals surface area (Å²) in [7, 11) is -1.61. The molecule has 0 fully saturated rings. The molecule has 6 nitrogen and oxygen atoms in total. The van der Waals surface area contributed by atoms with E-state index < -0.39 is 10.0 Å². The van der Waals surface area contributed by atoms with Gasteiger partial charge in [0, 0.05) is 18.5 Å². The zero-order valence-corrected chi connectivity index (χ0v) is 14.7. The number of sulfonamides is 1. The first-order chi connectivity index (χ1) is 11.0. The molecule has 0 aliphatic rings. The molecule has 0 radical (unpaired) electrons. The van der Waals surface area contributed by atoms with Crippen molar-refractivity contribution in [3.05, 3.63) is 52.2 Å². The number of para-hydroxylation sites is 1. The fourth-order valence-electron chi connectivity index (χ4n) is 1.96. The number of rotatable bonds is 6. The predicted octanol–water partition coefficient (Wildman–Crippen LogP) is 1.98. The molecule has 1 aromatic carbocycles. The van der Waals surface area contributed by atoms with E-state index in [4.69, 9.17) is 0 Å². The molecule has 0 aliphatic heterocycles. The van der Waals surface area contributed by atoms with Crippen LogP contribution < -0.4 is 15.4 Å². The monoisotopic (exact) mass is 352 g/mol. The summed E-state index contributed by atoms with van der Waals surface area (Å²) in [6, 6.07) is 11.3. The van der Waals surface area contributed by atoms with E-state index in [9.17, 15) is 8.42 Å². The Bertz CT molecular complexity index is 756. The maximum Gasteiger partial charge on any atom is 0.229 e. The van der Waals surface area contributed by atoms with Gasteiger partial charge < -0.3 is 10.6 Å². The lowest BCUT2D eigenvalue weighted by Crippen LogP contribution is -2.36. The van der Waals surface area contributed by atoms with Gasteiger partial charge in [-0.3, -0.25) is 9.71 Å². The van der Waals surface area contributed by atoms with Crippen molar-refractivity contribution in [1.82, 2.24) is 10.6 Å². The average Bonchev–Trinajstić information content (AvgIpc) is 3.01. The Morgan fingerprint density at radius 1 is 1.13 bits per heavy atom. The normalized spacial score (nSPS) is 12.0. The van der Waals surface area contributed by atoms with Crippen LogP contribution in [0.15, 0.2) is 46.8 Å². The van der Waals surface area contributed by atoms with E-state index in [-0.39, 0.29) is 0 Å². The van der Waals surface area contributed by atoms with Gasteiger partial charge >= 0.3 is 0 Å². The van der Waals surface area contributed by atoms with Gasteiger partial charge in [0.2, 0.25) is 10.0 Å². The van der Waals surface area contributed by atoms with Crippen molar-refractivity contribution in [3.8, 4) is 0 Å². The van der Waals surface area contributed by atoms with Crippen molar-refractivity contribution >= 4 is 33.0 Å². The summed E-state index contributed by atoms with van der Waals surface area (Å²) in [5, 5.41) is 8.43. The molecular weight excluding hydrogens is 332 g/mol. The van der Waals surface area contributed by atoms with Gasteiger partial charge in [-0.05, 0) is 23.1 Å². The quantitative estimate of drug-likeness (QED) is 0.548. The summed E-state index contributed by atoms with van der Waals surface area (Å²) >= 11 is 1.68. The molecule has 0 aliphatic carbocycles. The number of thiophene rings is 1. The second-order valence-electron chi connectivity index (χ2n) is 4.89. The van der Waals surface area contributed by atoms with E-state index in [0.29, 0.717) is 24.7 Å². The number of nitrogens with zero attached hydrogens (tertiary/aromatic N) is 1. The molecule has 23 heavy (non-hydrogen) atoms. The number of guanidine groups is 1. The molecule has 0 unspecified atom stereocenters. The fourth-order valence-corrected chi connectivity index (χ4v) is 3.20. The second-order valence-corrected chi connectivity index (χ2v) is 7.67. The van der Waals surface area contributed by atoms with Crippen LogP contribution in [-0.2, 0) is 23.1 Å². The minimum Gasteiger partial charge on any atom is -0.352 e. The Kier molecular flexibility index (Phi) is 6.00. The van der Waals surface area contributed by atoms with Crippen molar-refractivity contribution in [2.45, 2.75) is 13.1 Å². The summed E-state index contributed by atoms with van der Waals surface area (Å²) in [4.78, 5) is 5.38. The van der Waals surface area contributed by atoms with E-state index in [0.717, 1.165) is 11.8 Å². The number of benzene rings is 1. The van der Waals surface area contributed by atoms with Gasteiger partial charge in [0.05, 0.1) is 18.5 Å². The standard InChI is InChI=1S/C15H20N4O2S2/c1-16-15(18-11-13-7-5-9-22-13)17-10-12-6-3-4-8-14(12)19-23(2,20)21/h3-9,19H,10-11H2,1-2H3,(H2,16,17,18). The zero-order valence-electron chi connectivity index (χ0n) is 13.0. The van der Waals surface area contributed by atoms with E-state index in [2.05, 4.69) is 26.4 Å². The molecule has 124 valence electrons. The molecule has 0 bridgehead atoms. The molecular formula is C15H20N4O2S2. The lowest BCUT2D eigenvalue weighted by molar-refractivity contribution is 0.606. The molecule has 1 aromatic heterocycles. The summed E-state index contributed by atoms with van der Waals surface area (Å²) < 4.78 is 25.3. The topological polar surface area (TPSA) is 82.6 Å². The number of aliphatic imine (C=N–C) groups is 1. The molecule has 2 aromatic rings. The van der Waals surface area contributed by atoms with Gasteiger partial charge in [0.1, 0.15) is 0 Å². The third-order valence-corrected chi connectivity index (χ3v) is 4.46. The third-order valence-electron chi connectivity index (χ3n) is 2.99. The number of anilines is 1. The molecule has 0 atom stereocenters. The molecule has 0 saturated heterocycles. The fraction of sp³-hybridized carbons (Fsp3) is 0.267. The van der Waals surface area contributed by atoms with Crippen LogP contribution in [0, 0.1) is 0 Å². The van der Waals surface area contributed by atoms with Crippen LogP contribution in [0.5, 0.6) is 0 Å². The van der Waals surface area contributed by atoms with Gasteiger partial charge in [-0.1, -0.05) is 24.3 Å². The first-order valence-corrected chi connectivity index (χ1v) is 9.77. The Morgan fingerprint density at radius 2 is 1.87 bits per heavy atom. The summed E-state index contributed by atoms with van der Waals surface area (Å²) in [5.41, 5.74) is 1.41. The molecule has 0 amide bonds. The van der Waals surface area contributed by atoms with Crippen LogP contribution in [0.25, 0.3) is 0 Å². The first-order valence-electron chi connectivity index (χ1n) is 7.00. The maximum atomic E-state index is 11.4. The highest BCUT2D eigenvalue weighted by atomic mass is 32.2. The molecule has 3 N–H and O–H groups in total. The molecule has 1 heterocycles. The van der Waals surface area contributed by atoms with Crippen molar-refractivity contribution in [1.29, 1.82) is 0 Å². The highest BCUT2D eigenvalue weighted by molar-refractivity contribution is 7.92. The predicted molar refractivity (Wildman–Crippen MR) is 96.3 cm³/mol. The number of hydrogen-bond acceptors (Lipinski definition) is 4. The third kappa shape index (κ3) is 5.91. The van der Waals surface area contributed by atoms with Gasteiger partial charge in [0.15, 0.2) is 5.96 Å². The summed E-state index contributed by atoms with van der Waals surface area (Å²) in [6.45, 7) is 1.16. The van der Waals surface area contributed by atoms with Crippen LogP contribution in [0.4, 0.5) is 5.69 Å². The Morgan fingerprint density at radius 3 is 2.52 bits per heavy atom. The highest BCUT2D eigenvalue weighted by Crippen LogP contribution is 2.15. The largest absolute Gasteiger partial charge is 0.352 e. The van der Waals surface area contributed by atoms with E-state index in [1.165, 1.54) is 4.88 Å². The van der Waals surface area contributed by atoms with E-state index in [1.807, 2.05) is 23.6 Å². The number of hydrogen-bond donors (Lipinski definition) is 3. The first kappa shape index (κ1) is 17.3. The summed E-state index contributed by atoms with van der Waals surface area (Å²) in [5.74, 6) is 0.660. The van der Waals surface area contributed by atoms with Crippen LogP contribution in [0.3, 0.4) is 0 Å². The van der Waals surface area contributed by atoms with Crippen LogP contribution in [0.1, 0.15) is 10.4 Å². The minimum absolute atomic E-state index is 0.461. The molecule has 0 saturated carbocycles. The van der Waals surface area contributed by atoms with Crippen molar-refractivity contribution in [3.63, 3.8) is 0 Å². The lowest BCUT2D eigenvalue weighted by atomic mass is 10.2. The van der Waals surface area contributed by atoms with Crippen LogP contribution in [-0.4, -0.2) is 27.7 Å². The van der Waals surface area contributed by atoms with Crippen molar-refractivity contribution < 1.29 is 8.42 Å². The van der Waals surface area contributed by atoms with Gasteiger partial charge in [-0.15, -0.1) is 11.3 Å². The van der Waals surface area contributed by atoms with Crippen molar-refractivity contribution in [2.24, 2.45) is 4.99 Å². The lowest BCUT2D eigenvalue weighted by Gasteiger charge is -2.14. The SMILES string of the molecule is CN=C(NCc1cccs1)NCc1ccccc1NS(C)(=O)=O. The average molecular weight is 352 g/mol. The highest BCUT2D eigenvalue weighted by Gasteiger charge is 2.07. The van der Waals surface area contributed by atoms with Crippen molar-refractivity contribution in [2.75, 3.05) is 18.0 Å². The minimum atomic E-state index is -3.31. The smallest absolute Gasteiger partial charge is 0.229 e. The zero-order chi connectivity index (χ0) is 16.7. The second kappa shape index (κ2) is 7.98. The molecule has 8 heteroatoms.